The second-order valence-electron chi connectivity index (χ2n) is 9.72. The van der Waals surface area contributed by atoms with Crippen LogP contribution in [0.25, 0.3) is 11.1 Å². The van der Waals surface area contributed by atoms with Gasteiger partial charge >= 0.3 is 0 Å². The van der Waals surface area contributed by atoms with Crippen molar-refractivity contribution in [3.05, 3.63) is 59.4 Å². The standard InChI is InChI=1S/C28H36FN3O4/c1-3-31-25(33)17-36-27(22-8-5-9-23(29)26(22)19-7-4-6-18(2)14-19)24-16-32(12-13-35-24)28(34)20-10-11-21(30)15-20/h4-9,14,20-21,24,27H,3,10-13,15-17,30H2,1-2H3,(H,31,33). The highest BCUT2D eigenvalue weighted by molar-refractivity contribution is 5.79. The average molecular weight is 498 g/mol. The fraction of sp³-hybridized carbons (Fsp3) is 0.500. The highest BCUT2D eigenvalue weighted by atomic mass is 19.1. The van der Waals surface area contributed by atoms with Gasteiger partial charge in [-0.3, -0.25) is 9.59 Å². The van der Waals surface area contributed by atoms with Gasteiger partial charge in [-0.25, -0.2) is 4.39 Å². The molecule has 4 rings (SSSR count). The Kier molecular flexibility index (Phi) is 8.72. The molecule has 2 aromatic carbocycles. The maximum Gasteiger partial charge on any atom is 0.246 e. The SMILES string of the molecule is CCNC(=O)COC(c1cccc(F)c1-c1cccc(C)c1)C1CN(C(=O)C2CCC(N)C2)CCO1. The molecule has 3 N–H and O–H groups in total. The lowest BCUT2D eigenvalue weighted by molar-refractivity contribution is -0.155. The minimum absolute atomic E-state index is 0.0631. The average Bonchev–Trinajstić information content (AvgIpc) is 3.30. The van der Waals surface area contributed by atoms with Crippen molar-refractivity contribution in [1.82, 2.24) is 10.2 Å². The molecule has 1 heterocycles. The van der Waals surface area contributed by atoms with Crippen LogP contribution in [0.2, 0.25) is 0 Å². The number of likely N-dealkylation sites (N-methyl/N-ethyl adjacent to an activating group) is 1. The number of hydrogen-bond acceptors (Lipinski definition) is 5. The zero-order valence-electron chi connectivity index (χ0n) is 21.0. The Bertz CT molecular complexity index is 1080. The number of amides is 2. The fourth-order valence-electron chi connectivity index (χ4n) is 5.25. The molecule has 4 atom stereocenters. The van der Waals surface area contributed by atoms with Crippen LogP contribution < -0.4 is 11.1 Å². The maximum absolute atomic E-state index is 15.3. The summed E-state index contributed by atoms with van der Waals surface area (Å²) in [6.07, 6.45) is 1.03. The minimum atomic E-state index is -0.750. The van der Waals surface area contributed by atoms with Gasteiger partial charge in [-0.2, -0.15) is 0 Å². The first-order valence-corrected chi connectivity index (χ1v) is 12.8. The van der Waals surface area contributed by atoms with Crippen LogP contribution in [0.5, 0.6) is 0 Å². The molecule has 1 saturated carbocycles. The van der Waals surface area contributed by atoms with E-state index >= 15 is 4.39 Å². The number of ether oxygens (including phenoxy) is 2. The van der Waals surface area contributed by atoms with Crippen LogP contribution in [-0.2, 0) is 19.1 Å². The van der Waals surface area contributed by atoms with Crippen molar-refractivity contribution >= 4 is 11.8 Å². The zero-order chi connectivity index (χ0) is 25.7. The van der Waals surface area contributed by atoms with Crippen molar-refractivity contribution < 1.29 is 23.5 Å². The summed E-state index contributed by atoms with van der Waals surface area (Å²) in [6.45, 7) is 5.19. The number of hydrogen-bond donors (Lipinski definition) is 2. The molecule has 1 aliphatic carbocycles. The van der Waals surface area contributed by atoms with Gasteiger partial charge in [0.05, 0.1) is 6.61 Å². The third-order valence-electron chi connectivity index (χ3n) is 6.99. The summed E-state index contributed by atoms with van der Waals surface area (Å²) < 4.78 is 27.6. The number of rotatable bonds is 8. The number of carbonyl (C=O) groups is 2. The molecule has 2 aliphatic rings. The Morgan fingerprint density at radius 1 is 1.25 bits per heavy atom. The second-order valence-corrected chi connectivity index (χ2v) is 9.72. The molecule has 0 spiro atoms. The molecule has 1 saturated heterocycles. The third kappa shape index (κ3) is 6.11. The molecule has 0 aromatic heterocycles. The summed E-state index contributed by atoms with van der Waals surface area (Å²) >= 11 is 0. The normalized spacial score (nSPS) is 22.9. The molecule has 36 heavy (non-hydrogen) atoms. The molecule has 2 aromatic rings. The lowest BCUT2D eigenvalue weighted by Gasteiger charge is -2.38. The molecule has 8 heteroatoms. The quantitative estimate of drug-likeness (QED) is 0.584. The molecule has 7 nitrogen and oxygen atoms in total. The Labute approximate surface area is 212 Å². The molecule has 194 valence electrons. The zero-order valence-corrected chi connectivity index (χ0v) is 21.0. The number of morpholine rings is 1. The largest absolute Gasteiger partial charge is 0.371 e. The Morgan fingerprint density at radius 3 is 2.78 bits per heavy atom. The van der Waals surface area contributed by atoms with Crippen molar-refractivity contribution in [2.45, 2.75) is 51.4 Å². The lowest BCUT2D eigenvalue weighted by atomic mass is 9.91. The highest BCUT2D eigenvalue weighted by Gasteiger charge is 2.37. The highest BCUT2D eigenvalue weighted by Crippen LogP contribution is 2.37. The van der Waals surface area contributed by atoms with Crippen molar-refractivity contribution in [3.8, 4) is 11.1 Å². The van der Waals surface area contributed by atoms with E-state index in [4.69, 9.17) is 15.2 Å². The first-order valence-electron chi connectivity index (χ1n) is 12.8. The van der Waals surface area contributed by atoms with E-state index in [-0.39, 0.29) is 36.2 Å². The van der Waals surface area contributed by atoms with Crippen molar-refractivity contribution in [2.75, 3.05) is 32.8 Å². The molecule has 4 unspecified atom stereocenters. The predicted octanol–water partition coefficient (Wildman–Crippen LogP) is 3.35. The van der Waals surface area contributed by atoms with Gasteiger partial charge < -0.3 is 25.4 Å². The summed E-state index contributed by atoms with van der Waals surface area (Å²) in [6, 6.07) is 12.5. The van der Waals surface area contributed by atoms with Gasteiger partial charge in [-0.15, -0.1) is 0 Å². The van der Waals surface area contributed by atoms with E-state index in [9.17, 15) is 9.59 Å². The number of carbonyl (C=O) groups excluding carboxylic acids is 2. The van der Waals surface area contributed by atoms with Gasteiger partial charge in [0, 0.05) is 37.2 Å². The fourth-order valence-corrected chi connectivity index (χ4v) is 5.25. The van der Waals surface area contributed by atoms with Gasteiger partial charge in [0.2, 0.25) is 11.8 Å². The smallest absolute Gasteiger partial charge is 0.246 e. The van der Waals surface area contributed by atoms with Gasteiger partial charge in [0.15, 0.2) is 0 Å². The minimum Gasteiger partial charge on any atom is -0.371 e. The van der Waals surface area contributed by atoms with E-state index < -0.39 is 12.2 Å². The Morgan fingerprint density at radius 2 is 2.06 bits per heavy atom. The summed E-state index contributed by atoms with van der Waals surface area (Å²) in [5.41, 5.74) is 8.77. The summed E-state index contributed by atoms with van der Waals surface area (Å²) in [4.78, 5) is 27.3. The third-order valence-corrected chi connectivity index (χ3v) is 6.99. The van der Waals surface area contributed by atoms with Crippen LogP contribution in [-0.4, -0.2) is 61.7 Å². The van der Waals surface area contributed by atoms with E-state index in [0.717, 1.165) is 24.0 Å². The van der Waals surface area contributed by atoms with E-state index in [1.165, 1.54) is 6.07 Å². The molecule has 0 bridgehead atoms. The summed E-state index contributed by atoms with van der Waals surface area (Å²) in [5.74, 6) is -0.643. The number of aryl methyl sites for hydroxylation is 1. The molecule has 2 amide bonds. The molecule has 0 radical (unpaired) electrons. The molecule has 2 fully saturated rings. The maximum atomic E-state index is 15.3. The van der Waals surface area contributed by atoms with Crippen molar-refractivity contribution in [1.29, 1.82) is 0 Å². The van der Waals surface area contributed by atoms with Crippen molar-refractivity contribution in [3.63, 3.8) is 0 Å². The van der Waals surface area contributed by atoms with E-state index in [0.29, 0.717) is 43.8 Å². The number of nitrogens with one attached hydrogen (secondary N) is 1. The number of nitrogens with zero attached hydrogens (tertiary/aromatic N) is 1. The van der Waals surface area contributed by atoms with Crippen LogP contribution in [0.15, 0.2) is 42.5 Å². The summed E-state index contributed by atoms with van der Waals surface area (Å²) in [7, 11) is 0. The molecular weight excluding hydrogens is 461 g/mol. The van der Waals surface area contributed by atoms with Crippen LogP contribution in [0, 0.1) is 18.7 Å². The van der Waals surface area contributed by atoms with Crippen LogP contribution >= 0.6 is 0 Å². The first kappa shape index (κ1) is 26.3. The monoisotopic (exact) mass is 497 g/mol. The second kappa shape index (κ2) is 12.0. The topological polar surface area (TPSA) is 93.9 Å². The number of benzene rings is 2. The first-order chi connectivity index (χ1) is 17.4. The number of nitrogens with two attached hydrogens (primary N) is 1. The Balaban J connectivity index is 1.65. The molecule has 1 aliphatic heterocycles. The van der Waals surface area contributed by atoms with Crippen LogP contribution in [0.3, 0.4) is 0 Å². The van der Waals surface area contributed by atoms with E-state index in [2.05, 4.69) is 5.32 Å². The van der Waals surface area contributed by atoms with E-state index in [1.54, 1.807) is 6.07 Å². The van der Waals surface area contributed by atoms with E-state index in [1.807, 2.05) is 49.1 Å². The predicted molar refractivity (Wildman–Crippen MR) is 136 cm³/mol. The van der Waals surface area contributed by atoms with Crippen molar-refractivity contribution in [2.24, 2.45) is 11.7 Å². The van der Waals surface area contributed by atoms with Crippen LogP contribution in [0.1, 0.15) is 43.4 Å². The van der Waals surface area contributed by atoms with Crippen LogP contribution in [0.4, 0.5) is 4.39 Å². The number of halogens is 1. The lowest BCUT2D eigenvalue weighted by Crippen LogP contribution is -2.50. The summed E-state index contributed by atoms with van der Waals surface area (Å²) in [5, 5.41) is 2.73. The van der Waals surface area contributed by atoms with Gasteiger partial charge in [-0.1, -0.05) is 42.0 Å². The van der Waals surface area contributed by atoms with Gasteiger partial charge in [0.25, 0.3) is 0 Å². The Hall–Kier alpha value is -2.81. The van der Waals surface area contributed by atoms with Gasteiger partial charge in [0.1, 0.15) is 24.6 Å². The molecular formula is C28H36FN3O4. The van der Waals surface area contributed by atoms with Gasteiger partial charge in [-0.05, 0) is 50.3 Å².